The molecule has 0 saturated heterocycles. The van der Waals surface area contributed by atoms with Gasteiger partial charge in [-0.3, -0.25) is 9.59 Å². The highest BCUT2D eigenvalue weighted by molar-refractivity contribution is 6.35. The molecule has 0 bridgehead atoms. The number of ether oxygens (including phenoxy) is 3. The van der Waals surface area contributed by atoms with E-state index in [1.165, 1.54) is 31.2 Å². The first-order valence-corrected chi connectivity index (χ1v) is 14.5. The smallest absolute Gasteiger partial charge is 0.489 e. The molecule has 2 atom stereocenters. The number of benzene rings is 2. The Balaban J connectivity index is 1.29. The second kappa shape index (κ2) is 10.4. The van der Waals surface area contributed by atoms with Crippen molar-refractivity contribution in [2.75, 3.05) is 13.2 Å². The van der Waals surface area contributed by atoms with Crippen LogP contribution in [0.15, 0.2) is 36.5 Å². The van der Waals surface area contributed by atoms with E-state index in [4.69, 9.17) is 22.1 Å². The number of nitrogens with zero attached hydrogens (tertiary/aromatic N) is 3. The number of primary amides is 1. The molecule has 1 fully saturated rings. The maximum absolute atomic E-state index is 16.6. The van der Waals surface area contributed by atoms with Crippen LogP contribution >= 0.6 is 11.6 Å². The Kier molecular flexibility index (Phi) is 6.85. The Morgan fingerprint density at radius 3 is 2.62 bits per heavy atom. The van der Waals surface area contributed by atoms with Gasteiger partial charge >= 0.3 is 12.8 Å². The molecule has 1 saturated carbocycles. The molecule has 2 amide bonds. The zero-order valence-electron chi connectivity index (χ0n) is 24.1. The second-order valence-electron chi connectivity index (χ2n) is 11.8. The Bertz CT molecular complexity index is 2010. The zero-order chi connectivity index (χ0) is 33.6. The zero-order valence-corrected chi connectivity index (χ0v) is 24.9. The van der Waals surface area contributed by atoms with Crippen LogP contribution in [0.5, 0.6) is 17.2 Å². The number of hydrogen-bond donors (Lipinski definition) is 3. The number of pyridine rings is 1. The number of rotatable bonds is 8. The lowest BCUT2D eigenvalue weighted by molar-refractivity contribution is -0.286. The minimum atomic E-state index is -3.92. The molecule has 7 rings (SSSR count). The van der Waals surface area contributed by atoms with Crippen LogP contribution in [-0.4, -0.2) is 51.1 Å². The number of alkyl halides is 4. The lowest BCUT2D eigenvalue weighted by Gasteiger charge is -2.30. The Hall–Kier alpha value is -4.70. The fourth-order valence-corrected chi connectivity index (χ4v) is 6.15. The third-order valence-electron chi connectivity index (χ3n) is 8.59. The molecule has 2 aromatic heterocycles. The number of aliphatic hydroxyl groups is 1. The van der Waals surface area contributed by atoms with Gasteiger partial charge in [-0.2, -0.15) is 13.9 Å². The van der Waals surface area contributed by atoms with Crippen molar-refractivity contribution >= 4 is 34.3 Å². The molecule has 3 aliphatic rings. The molecule has 0 radical (unpaired) electrons. The normalized spacial score (nSPS) is 20.6. The highest BCUT2D eigenvalue weighted by Crippen LogP contribution is 2.52. The van der Waals surface area contributed by atoms with E-state index in [-0.39, 0.29) is 62.2 Å². The number of aromatic nitrogens is 3. The summed E-state index contributed by atoms with van der Waals surface area (Å²) in [4.78, 5) is 30.3. The van der Waals surface area contributed by atoms with E-state index in [0.29, 0.717) is 17.5 Å². The molecule has 0 unspecified atom stereocenters. The topological polar surface area (TPSA) is 151 Å². The third-order valence-corrected chi connectivity index (χ3v) is 8.88. The Morgan fingerprint density at radius 2 is 1.94 bits per heavy atom. The molecular weight excluding hydrogens is 657 g/mol. The SMILES string of the molecule is C[C@@]1(C(N)=O)COc2c(-c3ccc4c(c3)OC(F)(F)O4)nc([C@@](O)(CNC(=O)c3cc(Cl)c4nn(C(F)F)cc4c3)C3CC3)c(F)c21. The van der Waals surface area contributed by atoms with Gasteiger partial charge in [0, 0.05) is 22.7 Å². The monoisotopic (exact) mass is 679 g/mol. The summed E-state index contributed by atoms with van der Waals surface area (Å²) in [5, 5.41) is 18.4. The molecule has 47 heavy (non-hydrogen) atoms. The highest BCUT2D eigenvalue weighted by atomic mass is 35.5. The summed E-state index contributed by atoms with van der Waals surface area (Å²) in [5.74, 6) is -4.20. The molecule has 246 valence electrons. The van der Waals surface area contributed by atoms with Crippen LogP contribution < -0.4 is 25.3 Å². The van der Waals surface area contributed by atoms with Crippen molar-refractivity contribution in [1.29, 1.82) is 0 Å². The molecule has 17 heteroatoms. The molecule has 11 nitrogen and oxygen atoms in total. The average molecular weight is 680 g/mol. The standard InChI is InChI=1S/C30H23ClF5N5O6/c1-28(26(37)43)11-45-23-19(28)20(32)24(39-22(23)12-2-5-17-18(8-12)47-30(35,36)46-17)29(44,15-3-4-15)10-38-25(42)13-6-14-9-41(27(33)34)40-21(14)16(31)7-13/h2,5-9,15,27,44H,3-4,10-11H2,1H3,(H2,37,43)(H,38,42)/t28-,29-/m1/s1. The number of amides is 2. The number of carbonyl (C=O) groups excluding carboxylic acids is 2. The van der Waals surface area contributed by atoms with Crippen molar-refractivity contribution in [3.05, 3.63) is 64.2 Å². The number of carbonyl (C=O) groups is 2. The predicted octanol–water partition coefficient (Wildman–Crippen LogP) is 4.77. The van der Waals surface area contributed by atoms with Gasteiger partial charge in [-0.05, 0) is 56.0 Å². The lowest BCUT2D eigenvalue weighted by Crippen LogP contribution is -2.45. The van der Waals surface area contributed by atoms with Crippen molar-refractivity contribution in [1.82, 2.24) is 20.1 Å². The van der Waals surface area contributed by atoms with Gasteiger partial charge in [-0.25, -0.2) is 14.1 Å². The summed E-state index contributed by atoms with van der Waals surface area (Å²) in [5.41, 5.74) is 0.953. The van der Waals surface area contributed by atoms with E-state index < -0.39 is 59.6 Å². The van der Waals surface area contributed by atoms with Crippen molar-refractivity contribution < 1.29 is 50.9 Å². The largest absolute Gasteiger partial charge is 0.586 e. The number of fused-ring (bicyclic) bond motifs is 3. The van der Waals surface area contributed by atoms with Gasteiger partial charge in [-0.1, -0.05) is 11.6 Å². The summed E-state index contributed by atoms with van der Waals surface area (Å²) < 4.78 is 85.6. The van der Waals surface area contributed by atoms with Crippen molar-refractivity contribution in [2.45, 2.75) is 43.6 Å². The molecule has 4 heterocycles. The second-order valence-corrected chi connectivity index (χ2v) is 12.2. The van der Waals surface area contributed by atoms with E-state index in [9.17, 15) is 32.3 Å². The summed E-state index contributed by atoms with van der Waals surface area (Å²) in [6.07, 6.45) is -2.06. The van der Waals surface area contributed by atoms with E-state index in [0.717, 1.165) is 12.3 Å². The molecule has 4 N–H and O–H groups in total. The van der Waals surface area contributed by atoms with E-state index in [1.807, 2.05) is 0 Å². The number of hydrogen-bond acceptors (Lipinski definition) is 8. The number of nitrogens with one attached hydrogen (secondary N) is 1. The van der Waals surface area contributed by atoms with Gasteiger partial charge in [-0.15, -0.1) is 8.78 Å². The van der Waals surface area contributed by atoms with Gasteiger partial charge in [0.2, 0.25) is 5.91 Å². The van der Waals surface area contributed by atoms with Gasteiger partial charge < -0.3 is 30.4 Å². The molecular formula is C30H23ClF5N5O6. The fourth-order valence-electron chi connectivity index (χ4n) is 5.88. The van der Waals surface area contributed by atoms with E-state index >= 15 is 4.39 Å². The summed E-state index contributed by atoms with van der Waals surface area (Å²) in [6.45, 7) is -2.54. The first kappa shape index (κ1) is 30.9. The first-order chi connectivity index (χ1) is 22.1. The van der Waals surface area contributed by atoms with Gasteiger partial charge in [0.05, 0.1) is 17.1 Å². The van der Waals surface area contributed by atoms with Crippen molar-refractivity contribution in [2.24, 2.45) is 11.7 Å². The van der Waals surface area contributed by atoms with E-state index in [1.54, 1.807) is 0 Å². The van der Waals surface area contributed by atoms with Crippen LogP contribution in [0.2, 0.25) is 5.02 Å². The van der Waals surface area contributed by atoms with Crippen LogP contribution in [0.3, 0.4) is 0 Å². The summed E-state index contributed by atoms with van der Waals surface area (Å²) >= 11 is 6.21. The first-order valence-electron chi connectivity index (χ1n) is 14.2. The minimum Gasteiger partial charge on any atom is -0.489 e. The Morgan fingerprint density at radius 1 is 1.21 bits per heavy atom. The van der Waals surface area contributed by atoms with Gasteiger partial charge in [0.25, 0.3) is 5.91 Å². The van der Waals surface area contributed by atoms with Crippen molar-refractivity contribution in [3.63, 3.8) is 0 Å². The van der Waals surface area contributed by atoms with Crippen LogP contribution in [-0.2, 0) is 15.8 Å². The fraction of sp³-hybridized carbons (Fsp3) is 0.333. The summed E-state index contributed by atoms with van der Waals surface area (Å²) in [6, 6.07) is 6.18. The quantitative estimate of drug-likeness (QED) is 0.226. The Labute approximate surface area is 266 Å². The molecule has 0 spiro atoms. The molecule has 2 aromatic carbocycles. The molecule has 2 aliphatic heterocycles. The van der Waals surface area contributed by atoms with Crippen LogP contribution in [0.4, 0.5) is 22.0 Å². The number of nitrogens with two attached hydrogens (primary N) is 1. The van der Waals surface area contributed by atoms with Crippen LogP contribution in [0, 0.1) is 11.7 Å². The lowest BCUT2D eigenvalue weighted by atomic mass is 9.80. The maximum Gasteiger partial charge on any atom is 0.586 e. The van der Waals surface area contributed by atoms with Crippen LogP contribution in [0.1, 0.15) is 47.9 Å². The number of halogens is 6. The van der Waals surface area contributed by atoms with E-state index in [2.05, 4.69) is 24.9 Å². The predicted molar refractivity (Wildman–Crippen MR) is 153 cm³/mol. The van der Waals surface area contributed by atoms with Gasteiger partial charge in [0.1, 0.15) is 34.5 Å². The minimum absolute atomic E-state index is 0.0434. The third kappa shape index (κ3) is 4.97. The van der Waals surface area contributed by atoms with Crippen molar-refractivity contribution in [3.8, 4) is 28.5 Å². The maximum atomic E-state index is 16.6. The molecule has 4 aromatic rings. The average Bonchev–Trinajstić information content (AvgIpc) is 3.55. The van der Waals surface area contributed by atoms with Gasteiger partial charge in [0.15, 0.2) is 23.1 Å². The highest BCUT2D eigenvalue weighted by Gasteiger charge is 2.53. The molecule has 1 aliphatic carbocycles. The summed E-state index contributed by atoms with van der Waals surface area (Å²) in [7, 11) is 0. The van der Waals surface area contributed by atoms with Crippen LogP contribution in [0.25, 0.3) is 22.2 Å².